The first kappa shape index (κ1) is 11.7. The van der Waals surface area contributed by atoms with Crippen molar-refractivity contribution in [3.05, 3.63) is 28.7 Å². The number of anilines is 1. The first-order chi connectivity index (χ1) is 8.76. The minimum Gasteiger partial charge on any atom is -0.464 e. The van der Waals surface area contributed by atoms with Gasteiger partial charge < -0.3 is 9.73 Å². The summed E-state index contributed by atoms with van der Waals surface area (Å²) in [6.07, 6.45) is 2.19. The Kier molecular flexibility index (Phi) is 3.07. The van der Waals surface area contributed by atoms with Crippen LogP contribution in [0, 0.1) is 5.92 Å². The zero-order chi connectivity index (χ0) is 12.5. The van der Waals surface area contributed by atoms with Gasteiger partial charge in [0, 0.05) is 5.92 Å². The van der Waals surface area contributed by atoms with Crippen LogP contribution in [0.2, 0.25) is 0 Å². The Morgan fingerprint density at radius 2 is 2.28 bits per heavy atom. The van der Waals surface area contributed by atoms with Gasteiger partial charge in [-0.05, 0) is 30.9 Å². The molecule has 0 radical (unpaired) electrons. The van der Waals surface area contributed by atoms with Crippen LogP contribution in [-0.4, -0.2) is 10.2 Å². The molecule has 1 fully saturated rings. The van der Waals surface area contributed by atoms with Gasteiger partial charge in [-0.15, -0.1) is 10.2 Å². The van der Waals surface area contributed by atoms with Gasteiger partial charge in [0.1, 0.15) is 16.5 Å². The summed E-state index contributed by atoms with van der Waals surface area (Å²) in [6, 6.07) is 4.15. The average molecular weight is 263 g/mol. The number of hydrogen-bond donors (Lipinski definition) is 1. The topological polar surface area (TPSA) is 51.0 Å². The lowest BCUT2D eigenvalue weighted by Crippen LogP contribution is -1.97. The minimum atomic E-state index is 0.645. The highest BCUT2D eigenvalue weighted by atomic mass is 32.1. The Hall–Kier alpha value is -1.36. The molecule has 2 aromatic heterocycles. The molecule has 2 atom stereocenters. The van der Waals surface area contributed by atoms with Crippen LogP contribution in [0.5, 0.6) is 0 Å². The molecule has 2 heterocycles. The van der Waals surface area contributed by atoms with E-state index in [2.05, 4.69) is 41.5 Å². The number of nitrogens with one attached hydrogen (secondary N) is 1. The highest BCUT2D eigenvalue weighted by Gasteiger charge is 2.36. The van der Waals surface area contributed by atoms with E-state index in [1.165, 1.54) is 6.42 Å². The molecule has 0 amide bonds. The molecule has 4 nitrogen and oxygen atoms in total. The molecule has 0 saturated heterocycles. The predicted octanol–water partition coefficient (Wildman–Crippen LogP) is 3.43. The fourth-order valence-corrected chi connectivity index (χ4v) is 2.71. The van der Waals surface area contributed by atoms with Crippen LogP contribution in [0.1, 0.15) is 42.7 Å². The number of furan rings is 1. The van der Waals surface area contributed by atoms with Crippen LogP contribution in [-0.2, 0) is 13.0 Å². The van der Waals surface area contributed by atoms with Crippen molar-refractivity contribution in [2.24, 2.45) is 5.92 Å². The molecule has 1 N–H and O–H groups in total. The molecule has 18 heavy (non-hydrogen) atoms. The van der Waals surface area contributed by atoms with E-state index < -0.39 is 0 Å². The average Bonchev–Trinajstić information content (AvgIpc) is 2.86. The van der Waals surface area contributed by atoms with Gasteiger partial charge in [0.25, 0.3) is 0 Å². The Labute approximate surface area is 110 Å². The summed E-state index contributed by atoms with van der Waals surface area (Å²) in [7, 11) is 0. The van der Waals surface area contributed by atoms with Crippen molar-refractivity contribution >= 4 is 16.5 Å². The predicted molar refractivity (Wildman–Crippen MR) is 71.8 cm³/mol. The maximum absolute atomic E-state index is 5.83. The molecule has 1 saturated carbocycles. The third-order valence-electron chi connectivity index (χ3n) is 3.34. The van der Waals surface area contributed by atoms with Crippen molar-refractivity contribution in [1.29, 1.82) is 0 Å². The summed E-state index contributed by atoms with van der Waals surface area (Å²) < 4.78 is 5.83. The van der Waals surface area contributed by atoms with Gasteiger partial charge >= 0.3 is 0 Å². The smallest absolute Gasteiger partial charge is 0.206 e. The molecule has 0 aliphatic heterocycles. The van der Waals surface area contributed by atoms with Gasteiger partial charge in [-0.1, -0.05) is 25.2 Å². The molecular weight excluding hydrogens is 246 g/mol. The third kappa shape index (κ3) is 2.41. The van der Waals surface area contributed by atoms with Gasteiger partial charge in [0.05, 0.1) is 6.54 Å². The van der Waals surface area contributed by atoms with Crippen molar-refractivity contribution in [2.45, 2.75) is 39.2 Å². The van der Waals surface area contributed by atoms with Crippen LogP contribution >= 0.6 is 11.3 Å². The van der Waals surface area contributed by atoms with Crippen molar-refractivity contribution < 1.29 is 4.42 Å². The van der Waals surface area contributed by atoms with Crippen molar-refractivity contribution in [3.63, 3.8) is 0 Å². The maximum Gasteiger partial charge on any atom is 0.206 e. The van der Waals surface area contributed by atoms with Crippen LogP contribution in [0.4, 0.5) is 5.13 Å². The fraction of sp³-hybridized carbons (Fsp3) is 0.538. The Balaban J connectivity index is 1.57. The Bertz CT molecular complexity index is 534. The molecule has 0 spiro atoms. The van der Waals surface area contributed by atoms with E-state index in [-0.39, 0.29) is 0 Å². The highest BCUT2D eigenvalue weighted by molar-refractivity contribution is 7.15. The number of aryl methyl sites for hydroxylation is 1. The largest absolute Gasteiger partial charge is 0.464 e. The molecule has 1 aliphatic carbocycles. The second kappa shape index (κ2) is 4.72. The van der Waals surface area contributed by atoms with Crippen molar-refractivity contribution in [1.82, 2.24) is 10.2 Å². The summed E-state index contributed by atoms with van der Waals surface area (Å²) in [5.41, 5.74) is 0. The first-order valence-corrected chi connectivity index (χ1v) is 7.22. The van der Waals surface area contributed by atoms with Gasteiger partial charge in [0.2, 0.25) is 5.13 Å². The second-order valence-electron chi connectivity index (χ2n) is 4.83. The Morgan fingerprint density at radius 3 is 2.94 bits per heavy atom. The monoisotopic (exact) mass is 263 g/mol. The number of nitrogens with zero attached hydrogens (tertiary/aromatic N) is 2. The lowest BCUT2D eigenvalue weighted by Gasteiger charge is -1.98. The molecule has 5 heteroatoms. The van der Waals surface area contributed by atoms with Crippen LogP contribution in [0.15, 0.2) is 16.5 Å². The zero-order valence-corrected chi connectivity index (χ0v) is 11.5. The lowest BCUT2D eigenvalue weighted by molar-refractivity contribution is 0.468. The normalized spacial score (nSPS) is 22.1. The molecule has 0 bridgehead atoms. The van der Waals surface area contributed by atoms with Gasteiger partial charge in [0.15, 0.2) is 0 Å². The third-order valence-corrected chi connectivity index (χ3v) is 4.37. The number of aromatic nitrogens is 2. The van der Waals surface area contributed by atoms with E-state index in [0.717, 1.165) is 34.0 Å². The first-order valence-electron chi connectivity index (χ1n) is 6.41. The minimum absolute atomic E-state index is 0.645. The molecule has 2 aromatic rings. The van der Waals surface area contributed by atoms with E-state index in [1.807, 2.05) is 0 Å². The van der Waals surface area contributed by atoms with Crippen LogP contribution < -0.4 is 5.32 Å². The standard InChI is InChI=1S/C13H17N3OS/c1-3-12-15-16-13(18-12)14-7-9-4-5-11(17-9)10-6-8(10)2/h4-5,8,10H,3,6-7H2,1-2H3,(H,14,16). The maximum atomic E-state index is 5.83. The van der Waals surface area contributed by atoms with E-state index in [0.29, 0.717) is 12.5 Å². The summed E-state index contributed by atoms with van der Waals surface area (Å²) in [5, 5.41) is 13.3. The summed E-state index contributed by atoms with van der Waals surface area (Å²) in [5.74, 6) is 3.53. The lowest BCUT2D eigenvalue weighted by atomic mass is 10.3. The van der Waals surface area contributed by atoms with E-state index >= 15 is 0 Å². The fourth-order valence-electron chi connectivity index (χ4n) is 2.04. The van der Waals surface area contributed by atoms with Crippen molar-refractivity contribution in [3.8, 4) is 0 Å². The van der Waals surface area contributed by atoms with E-state index in [1.54, 1.807) is 11.3 Å². The second-order valence-corrected chi connectivity index (χ2v) is 5.89. The van der Waals surface area contributed by atoms with Crippen molar-refractivity contribution in [2.75, 3.05) is 5.32 Å². The Morgan fingerprint density at radius 1 is 1.44 bits per heavy atom. The number of hydrogen-bond acceptors (Lipinski definition) is 5. The molecule has 1 aliphatic rings. The van der Waals surface area contributed by atoms with E-state index in [9.17, 15) is 0 Å². The SMILES string of the molecule is CCc1nnc(NCc2ccc(C3CC3C)o2)s1. The zero-order valence-electron chi connectivity index (χ0n) is 10.6. The van der Waals surface area contributed by atoms with Crippen LogP contribution in [0.3, 0.4) is 0 Å². The van der Waals surface area contributed by atoms with Gasteiger partial charge in [-0.25, -0.2) is 0 Å². The molecule has 96 valence electrons. The number of rotatable bonds is 5. The molecule has 3 rings (SSSR count). The van der Waals surface area contributed by atoms with Gasteiger partial charge in [-0.3, -0.25) is 0 Å². The highest BCUT2D eigenvalue weighted by Crippen LogP contribution is 2.47. The van der Waals surface area contributed by atoms with Crippen LogP contribution in [0.25, 0.3) is 0 Å². The molecular formula is C13H17N3OS. The molecule has 0 aromatic carbocycles. The summed E-state index contributed by atoms with van der Waals surface area (Å²) >= 11 is 1.60. The van der Waals surface area contributed by atoms with Gasteiger partial charge in [-0.2, -0.15) is 0 Å². The van der Waals surface area contributed by atoms with E-state index in [4.69, 9.17) is 4.42 Å². The quantitative estimate of drug-likeness (QED) is 0.898. The summed E-state index contributed by atoms with van der Waals surface area (Å²) in [4.78, 5) is 0. The summed E-state index contributed by atoms with van der Waals surface area (Å²) in [6.45, 7) is 5.03. The molecule has 2 unspecified atom stereocenters.